The summed E-state index contributed by atoms with van der Waals surface area (Å²) in [6.07, 6.45) is 3.32. The number of methoxy groups -OCH3 is 1. The molecule has 4 nitrogen and oxygen atoms in total. The van der Waals surface area contributed by atoms with Gasteiger partial charge < -0.3 is 10.2 Å². The number of carbonyl (C=O) groups excluding carboxylic acids is 1. The van der Waals surface area contributed by atoms with Crippen molar-refractivity contribution < 1.29 is 9.53 Å². The van der Waals surface area contributed by atoms with E-state index in [9.17, 15) is 4.79 Å². The molecule has 1 N–H and O–H groups in total. The summed E-state index contributed by atoms with van der Waals surface area (Å²) in [6, 6.07) is 8.53. The zero-order valence-corrected chi connectivity index (χ0v) is 11.3. The number of hydrogen-bond donors (Lipinski definition) is 1. The van der Waals surface area contributed by atoms with Crippen LogP contribution in [0.25, 0.3) is 5.57 Å². The summed E-state index contributed by atoms with van der Waals surface area (Å²) in [5, 5.41) is 4.27. The van der Waals surface area contributed by atoms with Crippen molar-refractivity contribution in [1.82, 2.24) is 5.43 Å². The van der Waals surface area contributed by atoms with Crippen LogP contribution in [0.5, 0.6) is 0 Å². The number of allylic oxidation sites excluding steroid dienone is 1. The van der Waals surface area contributed by atoms with Crippen LogP contribution in [0.3, 0.4) is 0 Å². The number of ether oxygens (including phenoxy) is 1. The van der Waals surface area contributed by atoms with Gasteiger partial charge in [-0.05, 0) is 36.0 Å². The van der Waals surface area contributed by atoms with Crippen molar-refractivity contribution in [2.24, 2.45) is 11.0 Å². The van der Waals surface area contributed by atoms with Crippen molar-refractivity contribution in [1.29, 1.82) is 0 Å². The predicted octanol–water partition coefficient (Wildman–Crippen LogP) is 2.43. The van der Waals surface area contributed by atoms with Gasteiger partial charge in [-0.25, -0.2) is 4.79 Å². The highest BCUT2D eigenvalue weighted by Crippen LogP contribution is 2.50. The van der Waals surface area contributed by atoms with Gasteiger partial charge in [-0.15, -0.1) is 0 Å². The van der Waals surface area contributed by atoms with Crippen molar-refractivity contribution in [2.75, 3.05) is 7.11 Å². The lowest BCUT2D eigenvalue weighted by atomic mass is 9.75. The molecule has 0 saturated heterocycles. The lowest BCUT2D eigenvalue weighted by Gasteiger charge is -2.30. The second kappa shape index (κ2) is 4.20. The molecule has 4 rings (SSSR count). The lowest BCUT2D eigenvalue weighted by molar-refractivity contribution is -0.132. The third-order valence-corrected chi connectivity index (χ3v) is 4.60. The first-order valence-electron chi connectivity index (χ1n) is 7.04. The number of rotatable bonds is 1. The summed E-state index contributed by atoms with van der Waals surface area (Å²) in [5.74, 6) is -0.266. The zero-order valence-electron chi connectivity index (χ0n) is 11.3. The number of nitrogens with one attached hydrogen (secondary N) is 1. The van der Waals surface area contributed by atoms with E-state index in [0.717, 1.165) is 19.3 Å². The zero-order chi connectivity index (χ0) is 13.7. The molecule has 3 aliphatic rings. The van der Waals surface area contributed by atoms with Crippen molar-refractivity contribution in [2.45, 2.75) is 25.3 Å². The number of esters is 1. The summed E-state index contributed by atoms with van der Waals surface area (Å²) in [5.41, 5.74) is 9.05. The fourth-order valence-corrected chi connectivity index (χ4v) is 3.79. The number of fused-ring (bicyclic) bond motifs is 5. The molecule has 1 aromatic rings. The van der Waals surface area contributed by atoms with Crippen molar-refractivity contribution in [3.05, 3.63) is 41.0 Å². The fraction of sp³-hybridized carbons (Fsp3) is 0.375. The second-order valence-electron chi connectivity index (χ2n) is 5.52. The minimum absolute atomic E-state index is 0.0508. The molecule has 20 heavy (non-hydrogen) atoms. The van der Waals surface area contributed by atoms with Gasteiger partial charge >= 0.3 is 5.97 Å². The molecule has 1 aliphatic heterocycles. The van der Waals surface area contributed by atoms with Crippen LogP contribution in [0.15, 0.2) is 34.9 Å². The molecular weight excluding hydrogens is 252 g/mol. The van der Waals surface area contributed by atoms with Crippen LogP contribution < -0.4 is 5.43 Å². The van der Waals surface area contributed by atoms with Gasteiger partial charge in [0.2, 0.25) is 0 Å². The minimum Gasteiger partial charge on any atom is -0.464 e. The smallest absolute Gasteiger partial charge is 0.354 e. The first-order valence-corrected chi connectivity index (χ1v) is 7.04. The molecule has 2 atom stereocenters. The number of benzene rings is 1. The van der Waals surface area contributed by atoms with E-state index in [1.807, 2.05) is 6.07 Å². The van der Waals surface area contributed by atoms with E-state index in [0.29, 0.717) is 5.71 Å². The molecule has 0 saturated carbocycles. The van der Waals surface area contributed by atoms with E-state index in [2.05, 4.69) is 28.7 Å². The average molecular weight is 268 g/mol. The summed E-state index contributed by atoms with van der Waals surface area (Å²) in [6.45, 7) is 0. The first kappa shape index (κ1) is 11.7. The molecule has 102 valence electrons. The molecule has 0 fully saturated rings. The third-order valence-electron chi connectivity index (χ3n) is 4.60. The predicted molar refractivity (Wildman–Crippen MR) is 76.0 cm³/mol. The van der Waals surface area contributed by atoms with Gasteiger partial charge in [0, 0.05) is 0 Å². The molecule has 0 aromatic heterocycles. The Morgan fingerprint density at radius 2 is 2.20 bits per heavy atom. The van der Waals surface area contributed by atoms with Crippen molar-refractivity contribution in [3.63, 3.8) is 0 Å². The standard InChI is InChI=1S/C16H16N2O2/c1-20-16(19)15-13-11-8-4-7-9(11)10-5-2-3-6-12(10)14(13)17-18-15/h2-3,5-6,13-14,17H,4,7-8H2,1H3. The molecule has 2 unspecified atom stereocenters. The summed E-state index contributed by atoms with van der Waals surface area (Å²) < 4.78 is 4.89. The van der Waals surface area contributed by atoms with Crippen LogP contribution in [-0.2, 0) is 9.53 Å². The Labute approximate surface area is 117 Å². The molecule has 0 radical (unpaired) electrons. The molecule has 1 heterocycles. The monoisotopic (exact) mass is 268 g/mol. The Bertz CT molecular complexity index is 660. The fourth-order valence-electron chi connectivity index (χ4n) is 3.79. The summed E-state index contributed by atoms with van der Waals surface area (Å²) in [4.78, 5) is 12.0. The van der Waals surface area contributed by atoms with Crippen LogP contribution in [-0.4, -0.2) is 18.8 Å². The van der Waals surface area contributed by atoms with Crippen LogP contribution in [0.2, 0.25) is 0 Å². The van der Waals surface area contributed by atoms with Crippen molar-refractivity contribution in [3.8, 4) is 0 Å². The van der Waals surface area contributed by atoms with Gasteiger partial charge in [0.1, 0.15) is 0 Å². The Morgan fingerprint density at radius 1 is 1.35 bits per heavy atom. The number of hydrogen-bond acceptors (Lipinski definition) is 4. The maximum Gasteiger partial charge on any atom is 0.354 e. The molecule has 2 aliphatic carbocycles. The quantitative estimate of drug-likeness (QED) is 0.796. The highest BCUT2D eigenvalue weighted by atomic mass is 16.5. The van der Waals surface area contributed by atoms with E-state index in [1.54, 1.807) is 0 Å². The molecule has 0 bridgehead atoms. The van der Waals surface area contributed by atoms with Crippen LogP contribution in [0.4, 0.5) is 0 Å². The normalized spacial score (nSPS) is 26.4. The average Bonchev–Trinajstić information content (AvgIpc) is 3.13. The van der Waals surface area contributed by atoms with E-state index in [4.69, 9.17) is 4.74 Å². The van der Waals surface area contributed by atoms with Crippen molar-refractivity contribution >= 4 is 17.3 Å². The summed E-state index contributed by atoms with van der Waals surface area (Å²) in [7, 11) is 1.42. The number of nitrogens with zero attached hydrogens (tertiary/aromatic N) is 1. The van der Waals surface area contributed by atoms with Gasteiger partial charge in [0.25, 0.3) is 0 Å². The van der Waals surface area contributed by atoms with Gasteiger partial charge in [-0.1, -0.05) is 29.8 Å². The molecule has 4 heteroatoms. The first-order chi connectivity index (χ1) is 9.81. The SMILES string of the molecule is COC(=O)C1=NNC2c3ccccc3C3=C(CCC3)C12. The molecule has 1 aromatic carbocycles. The van der Waals surface area contributed by atoms with E-state index in [-0.39, 0.29) is 17.9 Å². The van der Waals surface area contributed by atoms with E-state index < -0.39 is 0 Å². The molecular formula is C16H16N2O2. The Kier molecular flexibility index (Phi) is 2.46. The maximum atomic E-state index is 12.0. The van der Waals surface area contributed by atoms with Crippen LogP contribution >= 0.6 is 0 Å². The highest BCUT2D eigenvalue weighted by molar-refractivity contribution is 6.38. The van der Waals surface area contributed by atoms with Gasteiger partial charge in [-0.3, -0.25) is 0 Å². The van der Waals surface area contributed by atoms with Gasteiger partial charge in [0.15, 0.2) is 5.71 Å². The topological polar surface area (TPSA) is 50.7 Å². The minimum atomic E-state index is -0.317. The largest absolute Gasteiger partial charge is 0.464 e. The molecule has 0 amide bonds. The van der Waals surface area contributed by atoms with E-state index >= 15 is 0 Å². The van der Waals surface area contributed by atoms with Crippen LogP contribution in [0, 0.1) is 5.92 Å². The Morgan fingerprint density at radius 3 is 3.05 bits per heavy atom. The van der Waals surface area contributed by atoms with E-state index in [1.165, 1.54) is 29.4 Å². The van der Waals surface area contributed by atoms with Crippen LogP contribution in [0.1, 0.15) is 36.4 Å². The van der Waals surface area contributed by atoms with Gasteiger partial charge in [-0.2, -0.15) is 5.10 Å². The lowest BCUT2D eigenvalue weighted by Crippen LogP contribution is -2.31. The van der Waals surface area contributed by atoms with Gasteiger partial charge in [0.05, 0.1) is 19.1 Å². The highest BCUT2D eigenvalue weighted by Gasteiger charge is 2.45. The third kappa shape index (κ3) is 1.42. The second-order valence-corrected chi connectivity index (χ2v) is 5.52. The Hall–Kier alpha value is -2.10. The maximum absolute atomic E-state index is 12.0. The molecule has 0 spiro atoms. The number of hydrazone groups is 1. The number of carbonyl (C=O) groups is 1. The Balaban J connectivity index is 1.88. The summed E-state index contributed by atoms with van der Waals surface area (Å²) >= 11 is 0.